The molecule has 1 heterocycles. The van der Waals surface area contributed by atoms with E-state index in [1.54, 1.807) is 32.4 Å². The van der Waals surface area contributed by atoms with E-state index < -0.39 is 6.04 Å². The van der Waals surface area contributed by atoms with Crippen LogP contribution in [0, 0.1) is 0 Å². The van der Waals surface area contributed by atoms with Gasteiger partial charge in [-0.05, 0) is 17.7 Å². The first-order valence-electron chi connectivity index (χ1n) is 6.94. The summed E-state index contributed by atoms with van der Waals surface area (Å²) in [7, 11) is 3.10. The maximum absolute atomic E-state index is 11.9. The van der Waals surface area contributed by atoms with Crippen molar-refractivity contribution in [3.8, 4) is 11.5 Å². The molecule has 23 heavy (non-hydrogen) atoms. The molecule has 0 saturated heterocycles. The number of nitrogens with two attached hydrogens (primary N) is 2. The highest BCUT2D eigenvalue weighted by Gasteiger charge is 2.14. The van der Waals surface area contributed by atoms with Crippen molar-refractivity contribution in [1.29, 1.82) is 0 Å². The van der Waals surface area contributed by atoms with Crippen LogP contribution in [0.2, 0.25) is 0 Å². The fourth-order valence-corrected chi connectivity index (χ4v) is 2.04. The number of benzene rings is 1. The maximum atomic E-state index is 11.9. The molecule has 1 aromatic heterocycles. The minimum absolute atomic E-state index is 0.124. The van der Waals surface area contributed by atoms with Crippen molar-refractivity contribution in [1.82, 2.24) is 20.5 Å². The SMILES string of the molecule is COc1ccc([C@H](N)CC(=O)NCc2nc(N)n[nH]2)cc1OC. The van der Waals surface area contributed by atoms with Gasteiger partial charge in [0, 0.05) is 12.5 Å². The number of nitrogen functional groups attached to an aromatic ring is 1. The highest BCUT2D eigenvalue weighted by molar-refractivity contribution is 5.76. The van der Waals surface area contributed by atoms with E-state index in [1.807, 2.05) is 0 Å². The quantitative estimate of drug-likeness (QED) is 0.567. The molecular formula is C14H20N6O3. The Balaban J connectivity index is 1.92. The van der Waals surface area contributed by atoms with Gasteiger partial charge in [0.05, 0.1) is 20.8 Å². The third-order valence-corrected chi connectivity index (χ3v) is 3.24. The monoisotopic (exact) mass is 320 g/mol. The minimum Gasteiger partial charge on any atom is -0.493 e. The van der Waals surface area contributed by atoms with Crippen LogP contribution >= 0.6 is 0 Å². The molecule has 0 aliphatic heterocycles. The van der Waals surface area contributed by atoms with E-state index in [2.05, 4.69) is 20.5 Å². The second-order valence-electron chi connectivity index (χ2n) is 4.84. The number of hydrogen-bond acceptors (Lipinski definition) is 7. The summed E-state index contributed by atoms with van der Waals surface area (Å²) in [6.45, 7) is 0.210. The van der Waals surface area contributed by atoms with Gasteiger partial charge in [-0.25, -0.2) is 0 Å². The lowest BCUT2D eigenvalue weighted by Gasteiger charge is -2.14. The van der Waals surface area contributed by atoms with Gasteiger partial charge in [-0.3, -0.25) is 9.89 Å². The molecule has 0 bridgehead atoms. The second kappa shape index (κ2) is 7.45. The molecule has 0 aliphatic rings. The molecule has 2 aromatic rings. The fourth-order valence-electron chi connectivity index (χ4n) is 2.04. The van der Waals surface area contributed by atoms with E-state index in [1.165, 1.54) is 0 Å². The molecule has 1 aromatic carbocycles. The van der Waals surface area contributed by atoms with Crippen molar-refractivity contribution in [3.63, 3.8) is 0 Å². The number of rotatable bonds is 7. The minimum atomic E-state index is -0.463. The normalized spacial score (nSPS) is 11.8. The fraction of sp³-hybridized carbons (Fsp3) is 0.357. The molecule has 0 unspecified atom stereocenters. The van der Waals surface area contributed by atoms with Crippen LogP contribution in [0.3, 0.4) is 0 Å². The zero-order chi connectivity index (χ0) is 16.8. The average molecular weight is 320 g/mol. The Morgan fingerprint density at radius 1 is 1.35 bits per heavy atom. The summed E-state index contributed by atoms with van der Waals surface area (Å²) in [6.07, 6.45) is 0.124. The molecule has 9 heteroatoms. The molecule has 6 N–H and O–H groups in total. The molecule has 1 amide bonds. The van der Waals surface area contributed by atoms with Gasteiger partial charge in [-0.15, -0.1) is 5.10 Å². The molecule has 1 atom stereocenters. The van der Waals surface area contributed by atoms with Gasteiger partial charge in [0.2, 0.25) is 11.9 Å². The Labute approximate surface area is 133 Å². The number of nitrogens with one attached hydrogen (secondary N) is 2. The Morgan fingerprint density at radius 3 is 2.70 bits per heavy atom. The summed E-state index contributed by atoms with van der Waals surface area (Å²) in [5.41, 5.74) is 12.2. The molecule has 124 valence electrons. The number of aromatic amines is 1. The molecule has 9 nitrogen and oxygen atoms in total. The van der Waals surface area contributed by atoms with Gasteiger partial charge < -0.3 is 26.3 Å². The van der Waals surface area contributed by atoms with Gasteiger partial charge in [0.1, 0.15) is 5.82 Å². The van der Waals surface area contributed by atoms with Gasteiger partial charge in [0.25, 0.3) is 0 Å². The van der Waals surface area contributed by atoms with Crippen LogP contribution in [0.15, 0.2) is 18.2 Å². The van der Waals surface area contributed by atoms with Crippen LogP contribution in [0.25, 0.3) is 0 Å². The zero-order valence-electron chi connectivity index (χ0n) is 13.0. The Hall–Kier alpha value is -2.81. The summed E-state index contributed by atoms with van der Waals surface area (Å²) < 4.78 is 10.4. The summed E-state index contributed by atoms with van der Waals surface area (Å²) in [4.78, 5) is 15.8. The van der Waals surface area contributed by atoms with Crippen LogP contribution in [0.1, 0.15) is 23.9 Å². The first kappa shape index (κ1) is 16.6. The van der Waals surface area contributed by atoms with Gasteiger partial charge in [-0.2, -0.15) is 4.98 Å². The largest absolute Gasteiger partial charge is 0.493 e. The van der Waals surface area contributed by atoms with Crippen molar-refractivity contribution in [2.45, 2.75) is 19.0 Å². The van der Waals surface area contributed by atoms with Gasteiger partial charge >= 0.3 is 0 Å². The molecule has 0 radical (unpaired) electrons. The number of carbonyl (C=O) groups excluding carboxylic acids is 1. The van der Waals surface area contributed by atoms with Crippen molar-refractivity contribution in [2.24, 2.45) is 5.73 Å². The Bertz CT molecular complexity index is 672. The Kier molecular flexibility index (Phi) is 5.36. The first-order chi connectivity index (χ1) is 11.0. The van der Waals surface area contributed by atoms with Crippen LogP contribution in [0.5, 0.6) is 11.5 Å². The average Bonchev–Trinajstić information content (AvgIpc) is 2.97. The predicted molar refractivity (Wildman–Crippen MR) is 83.7 cm³/mol. The lowest BCUT2D eigenvalue weighted by atomic mass is 10.0. The molecule has 0 saturated carbocycles. The molecule has 0 fully saturated rings. The van der Waals surface area contributed by atoms with E-state index in [0.29, 0.717) is 17.3 Å². The lowest BCUT2D eigenvalue weighted by Crippen LogP contribution is -2.27. The molecular weight excluding hydrogens is 300 g/mol. The standard InChI is InChI=1S/C14H20N6O3/c1-22-10-4-3-8(5-11(10)23-2)9(15)6-13(21)17-7-12-18-14(16)20-19-12/h3-5,9H,6-7,15H2,1-2H3,(H,17,21)(H3,16,18,19,20)/t9-/m1/s1. The molecule has 0 aliphatic carbocycles. The van der Waals surface area contributed by atoms with E-state index >= 15 is 0 Å². The van der Waals surface area contributed by atoms with E-state index in [9.17, 15) is 4.79 Å². The summed E-state index contributed by atoms with van der Waals surface area (Å²) in [6, 6.07) is 4.85. The van der Waals surface area contributed by atoms with Gasteiger partial charge in [0.15, 0.2) is 11.5 Å². The van der Waals surface area contributed by atoms with Crippen LogP contribution in [-0.2, 0) is 11.3 Å². The van der Waals surface area contributed by atoms with Gasteiger partial charge in [-0.1, -0.05) is 6.07 Å². The summed E-state index contributed by atoms with van der Waals surface area (Å²) in [5.74, 6) is 1.59. The van der Waals surface area contributed by atoms with Crippen LogP contribution < -0.4 is 26.3 Å². The number of nitrogens with zero attached hydrogens (tertiary/aromatic N) is 2. The highest BCUT2D eigenvalue weighted by Crippen LogP contribution is 2.30. The number of carbonyl (C=O) groups is 1. The third kappa shape index (κ3) is 4.33. The van der Waals surface area contributed by atoms with E-state index in [4.69, 9.17) is 20.9 Å². The number of methoxy groups -OCH3 is 2. The lowest BCUT2D eigenvalue weighted by molar-refractivity contribution is -0.121. The summed E-state index contributed by atoms with van der Waals surface area (Å²) >= 11 is 0. The number of H-pyrrole nitrogens is 1. The van der Waals surface area contributed by atoms with Crippen molar-refractivity contribution >= 4 is 11.9 Å². The van der Waals surface area contributed by atoms with E-state index in [0.717, 1.165) is 5.56 Å². The summed E-state index contributed by atoms with van der Waals surface area (Å²) in [5, 5.41) is 8.99. The first-order valence-corrected chi connectivity index (χ1v) is 6.94. The van der Waals surface area contributed by atoms with Crippen molar-refractivity contribution < 1.29 is 14.3 Å². The van der Waals surface area contributed by atoms with E-state index in [-0.39, 0.29) is 24.8 Å². The molecule has 0 spiro atoms. The number of hydrogen-bond donors (Lipinski definition) is 4. The number of amides is 1. The topological polar surface area (TPSA) is 141 Å². The number of aromatic nitrogens is 3. The van der Waals surface area contributed by atoms with Crippen LogP contribution in [0.4, 0.5) is 5.95 Å². The predicted octanol–water partition coefficient (Wildman–Crippen LogP) is 0.110. The highest BCUT2D eigenvalue weighted by atomic mass is 16.5. The Morgan fingerprint density at radius 2 is 2.09 bits per heavy atom. The zero-order valence-corrected chi connectivity index (χ0v) is 13.0. The van der Waals surface area contributed by atoms with Crippen molar-refractivity contribution in [2.75, 3.05) is 20.0 Å². The maximum Gasteiger partial charge on any atom is 0.239 e. The van der Waals surface area contributed by atoms with Crippen LogP contribution in [-0.4, -0.2) is 35.3 Å². The second-order valence-corrected chi connectivity index (χ2v) is 4.84. The molecule has 2 rings (SSSR count). The number of ether oxygens (including phenoxy) is 2. The van der Waals surface area contributed by atoms with Crippen molar-refractivity contribution in [3.05, 3.63) is 29.6 Å². The smallest absolute Gasteiger partial charge is 0.239 e. The number of anilines is 1. The third-order valence-electron chi connectivity index (χ3n) is 3.24.